The maximum absolute atomic E-state index is 13.0. The topological polar surface area (TPSA) is 62.9 Å². The Morgan fingerprint density at radius 3 is 2.60 bits per heavy atom. The van der Waals surface area contributed by atoms with E-state index in [9.17, 15) is 9.90 Å². The zero-order chi connectivity index (χ0) is 17.4. The Hall–Kier alpha value is -2.27. The van der Waals surface area contributed by atoms with Crippen molar-refractivity contribution in [2.24, 2.45) is 0 Å². The van der Waals surface area contributed by atoms with Gasteiger partial charge in [-0.2, -0.15) is 0 Å². The highest BCUT2D eigenvalue weighted by Crippen LogP contribution is 2.46. The van der Waals surface area contributed by atoms with E-state index in [2.05, 4.69) is 0 Å². The van der Waals surface area contributed by atoms with E-state index in [1.54, 1.807) is 19.4 Å². The molecule has 1 unspecified atom stereocenters. The van der Waals surface area contributed by atoms with Gasteiger partial charge in [0, 0.05) is 30.5 Å². The summed E-state index contributed by atoms with van der Waals surface area (Å²) < 4.78 is 10.8. The number of nitrogens with zero attached hydrogens (tertiary/aromatic N) is 1. The number of methoxy groups -OCH3 is 1. The van der Waals surface area contributed by atoms with Crippen molar-refractivity contribution in [2.45, 2.75) is 49.8 Å². The van der Waals surface area contributed by atoms with E-state index >= 15 is 0 Å². The van der Waals surface area contributed by atoms with Crippen LogP contribution < -0.4 is 4.74 Å². The number of hydrogen-bond acceptors (Lipinski definition) is 4. The minimum absolute atomic E-state index is 0.0658. The first kappa shape index (κ1) is 16.2. The van der Waals surface area contributed by atoms with Gasteiger partial charge in [0.1, 0.15) is 17.1 Å². The highest BCUT2D eigenvalue weighted by molar-refractivity contribution is 5.80. The number of hydrogen-bond donors (Lipinski definition) is 1. The molecule has 1 N–H and O–H groups in total. The van der Waals surface area contributed by atoms with Gasteiger partial charge in [0.15, 0.2) is 0 Å². The number of ether oxygens (including phenoxy) is 1. The second-order valence-corrected chi connectivity index (χ2v) is 7.09. The average Bonchev–Trinajstić information content (AvgIpc) is 3.23. The van der Waals surface area contributed by atoms with Crippen LogP contribution in [0, 0.1) is 0 Å². The first-order chi connectivity index (χ1) is 12.1. The van der Waals surface area contributed by atoms with Gasteiger partial charge in [0.2, 0.25) is 5.91 Å². The summed E-state index contributed by atoms with van der Waals surface area (Å²) in [7, 11) is 1.62. The van der Waals surface area contributed by atoms with E-state index < -0.39 is 5.60 Å². The fourth-order valence-electron chi connectivity index (χ4n) is 4.48. The van der Waals surface area contributed by atoms with E-state index in [1.165, 1.54) is 0 Å². The lowest BCUT2D eigenvalue weighted by Crippen LogP contribution is -2.52. The van der Waals surface area contributed by atoms with Crippen molar-refractivity contribution < 1.29 is 19.1 Å². The Balaban J connectivity index is 1.52. The van der Waals surface area contributed by atoms with Gasteiger partial charge < -0.3 is 19.2 Å². The molecule has 3 heterocycles. The van der Waals surface area contributed by atoms with Gasteiger partial charge in [-0.15, -0.1) is 0 Å². The quantitative estimate of drug-likeness (QED) is 0.929. The van der Waals surface area contributed by atoms with Gasteiger partial charge in [0.25, 0.3) is 0 Å². The SMILES string of the molecule is COc1ccccc1CC(=O)N1[C@@H]2CC[C@H]1CC(O)(c1ccco1)C2. The molecule has 25 heavy (non-hydrogen) atoms. The summed E-state index contributed by atoms with van der Waals surface area (Å²) in [6.07, 6.45) is 4.87. The van der Waals surface area contributed by atoms with E-state index in [0.29, 0.717) is 25.0 Å². The third-order valence-electron chi connectivity index (χ3n) is 5.57. The Bertz CT molecular complexity index is 741. The third kappa shape index (κ3) is 2.82. The largest absolute Gasteiger partial charge is 0.496 e. The molecule has 2 bridgehead atoms. The van der Waals surface area contributed by atoms with Crippen molar-refractivity contribution in [1.82, 2.24) is 4.90 Å². The molecule has 0 saturated carbocycles. The Kier molecular flexibility index (Phi) is 4.04. The van der Waals surface area contributed by atoms with Crippen molar-refractivity contribution >= 4 is 5.91 Å². The number of carbonyl (C=O) groups is 1. The Morgan fingerprint density at radius 2 is 1.96 bits per heavy atom. The second kappa shape index (κ2) is 6.23. The maximum atomic E-state index is 13.0. The molecule has 4 rings (SSSR count). The van der Waals surface area contributed by atoms with Gasteiger partial charge in [-0.3, -0.25) is 4.79 Å². The first-order valence-corrected chi connectivity index (χ1v) is 8.80. The fraction of sp³-hybridized carbons (Fsp3) is 0.450. The number of furan rings is 1. The predicted octanol–water partition coefficient (Wildman–Crippen LogP) is 2.87. The summed E-state index contributed by atoms with van der Waals surface area (Å²) in [4.78, 5) is 14.9. The van der Waals surface area contributed by atoms with Crippen LogP contribution in [-0.4, -0.2) is 35.1 Å². The van der Waals surface area contributed by atoms with Gasteiger partial charge in [-0.25, -0.2) is 0 Å². The Labute approximate surface area is 147 Å². The molecular formula is C20H23NO4. The molecule has 2 aliphatic rings. The van der Waals surface area contributed by atoms with Crippen LogP contribution in [0.15, 0.2) is 47.1 Å². The van der Waals surface area contributed by atoms with Gasteiger partial charge in [0.05, 0.1) is 19.8 Å². The highest BCUT2D eigenvalue weighted by atomic mass is 16.5. The van der Waals surface area contributed by atoms with Crippen LogP contribution in [0.2, 0.25) is 0 Å². The van der Waals surface area contributed by atoms with Crippen molar-refractivity contribution in [3.63, 3.8) is 0 Å². The van der Waals surface area contributed by atoms with Gasteiger partial charge in [-0.1, -0.05) is 18.2 Å². The second-order valence-electron chi connectivity index (χ2n) is 7.09. The minimum Gasteiger partial charge on any atom is -0.496 e. The van der Waals surface area contributed by atoms with Crippen LogP contribution in [0.25, 0.3) is 0 Å². The lowest BCUT2D eigenvalue weighted by Gasteiger charge is -2.43. The van der Waals surface area contributed by atoms with Crippen molar-refractivity contribution in [2.75, 3.05) is 7.11 Å². The number of rotatable bonds is 4. The number of amides is 1. The summed E-state index contributed by atoms with van der Waals surface area (Å²) in [5, 5.41) is 11.0. The summed E-state index contributed by atoms with van der Waals surface area (Å²) in [5.41, 5.74) is -0.0578. The molecule has 2 fully saturated rings. The van der Waals surface area contributed by atoms with Crippen molar-refractivity contribution in [3.05, 3.63) is 54.0 Å². The molecule has 2 aromatic rings. The standard InChI is InChI=1S/C20H23NO4/c1-24-17-6-3-2-5-14(17)11-19(22)21-15-8-9-16(21)13-20(23,12-15)18-7-4-10-25-18/h2-7,10,15-16,23H,8-9,11-13H2,1H3/t15-,16+,20?. The minimum atomic E-state index is -0.962. The molecule has 3 atom stereocenters. The number of aliphatic hydroxyl groups is 1. The summed E-state index contributed by atoms with van der Waals surface area (Å²) in [6.45, 7) is 0. The summed E-state index contributed by atoms with van der Waals surface area (Å²) >= 11 is 0. The van der Waals surface area contributed by atoms with Crippen LogP contribution in [0.1, 0.15) is 37.0 Å². The number of benzene rings is 1. The molecule has 0 spiro atoms. The molecule has 5 heteroatoms. The molecule has 5 nitrogen and oxygen atoms in total. The lowest BCUT2D eigenvalue weighted by atomic mass is 9.84. The van der Waals surface area contributed by atoms with Gasteiger partial charge in [-0.05, 0) is 31.0 Å². The Morgan fingerprint density at radius 1 is 1.24 bits per heavy atom. The van der Waals surface area contributed by atoms with Crippen LogP contribution in [0.3, 0.4) is 0 Å². The fourth-order valence-corrected chi connectivity index (χ4v) is 4.48. The molecular weight excluding hydrogens is 318 g/mol. The van der Waals surface area contributed by atoms with E-state index in [-0.39, 0.29) is 18.0 Å². The van der Waals surface area contributed by atoms with Crippen LogP contribution >= 0.6 is 0 Å². The van der Waals surface area contributed by atoms with E-state index in [4.69, 9.17) is 9.15 Å². The van der Waals surface area contributed by atoms with Crippen LogP contribution in [0.5, 0.6) is 5.75 Å². The first-order valence-electron chi connectivity index (χ1n) is 8.80. The molecule has 1 aromatic heterocycles. The average molecular weight is 341 g/mol. The molecule has 2 aliphatic heterocycles. The smallest absolute Gasteiger partial charge is 0.227 e. The van der Waals surface area contributed by atoms with E-state index in [0.717, 1.165) is 24.2 Å². The number of piperidine rings is 1. The number of fused-ring (bicyclic) bond motifs is 2. The summed E-state index contributed by atoms with van der Waals surface area (Å²) in [6, 6.07) is 11.4. The molecule has 1 amide bonds. The molecule has 1 aromatic carbocycles. The zero-order valence-electron chi connectivity index (χ0n) is 14.4. The predicted molar refractivity (Wildman–Crippen MR) is 92.2 cm³/mol. The number of carbonyl (C=O) groups excluding carboxylic acids is 1. The monoisotopic (exact) mass is 341 g/mol. The van der Waals surface area contributed by atoms with Gasteiger partial charge >= 0.3 is 0 Å². The van der Waals surface area contributed by atoms with E-state index in [1.807, 2.05) is 35.2 Å². The van der Waals surface area contributed by atoms with Crippen molar-refractivity contribution in [3.8, 4) is 5.75 Å². The van der Waals surface area contributed by atoms with Crippen LogP contribution in [-0.2, 0) is 16.8 Å². The summed E-state index contributed by atoms with van der Waals surface area (Å²) in [5.74, 6) is 1.46. The molecule has 0 radical (unpaired) electrons. The number of para-hydroxylation sites is 1. The molecule has 2 saturated heterocycles. The molecule has 132 valence electrons. The lowest BCUT2D eigenvalue weighted by molar-refractivity contribution is -0.142. The zero-order valence-corrected chi connectivity index (χ0v) is 14.4. The third-order valence-corrected chi connectivity index (χ3v) is 5.57. The normalized spacial score (nSPS) is 28.2. The van der Waals surface area contributed by atoms with Crippen LogP contribution in [0.4, 0.5) is 0 Å². The maximum Gasteiger partial charge on any atom is 0.227 e. The highest BCUT2D eigenvalue weighted by Gasteiger charge is 2.51. The molecule has 0 aliphatic carbocycles. The van der Waals surface area contributed by atoms with Crippen molar-refractivity contribution in [1.29, 1.82) is 0 Å².